The van der Waals surface area contributed by atoms with Gasteiger partial charge in [-0.25, -0.2) is 0 Å². The molecule has 2 aromatic heterocycles. The fourth-order valence-electron chi connectivity index (χ4n) is 2.94. The van der Waals surface area contributed by atoms with Crippen molar-refractivity contribution in [3.05, 3.63) is 104 Å². The lowest BCUT2D eigenvalue weighted by atomic mass is 10.1. The predicted octanol–water partition coefficient (Wildman–Crippen LogP) is 5.29. The van der Waals surface area contributed by atoms with E-state index in [1.165, 1.54) is 53.4 Å². The number of carbonyl (C=O) groups excluding carboxylic acids is 2. The van der Waals surface area contributed by atoms with Crippen LogP contribution in [0.3, 0.4) is 0 Å². The molecule has 8 nitrogen and oxygen atoms in total. The molecule has 2 amide bonds. The van der Waals surface area contributed by atoms with E-state index in [9.17, 15) is 14.4 Å². The zero-order valence-corrected chi connectivity index (χ0v) is 18.8. The molecule has 33 heavy (non-hydrogen) atoms. The van der Waals surface area contributed by atoms with Crippen LogP contribution in [0.1, 0.15) is 20.7 Å². The van der Waals surface area contributed by atoms with E-state index in [0.29, 0.717) is 0 Å². The fourth-order valence-corrected chi connectivity index (χ4v) is 3.68. The van der Waals surface area contributed by atoms with Crippen LogP contribution in [-0.2, 0) is 0 Å². The minimum Gasteiger partial charge on any atom is -0.363 e. The highest BCUT2D eigenvalue weighted by molar-refractivity contribution is 6.37. The van der Waals surface area contributed by atoms with Gasteiger partial charge in [-0.1, -0.05) is 46.0 Å². The molecule has 2 aromatic carbocycles. The van der Waals surface area contributed by atoms with Crippen LogP contribution < -0.4 is 16.2 Å². The summed E-state index contributed by atoms with van der Waals surface area (Å²) in [5.41, 5.74) is 0.392. The minimum absolute atomic E-state index is 0.138. The van der Waals surface area contributed by atoms with E-state index in [4.69, 9.17) is 34.8 Å². The second kappa shape index (κ2) is 9.50. The lowest BCUT2D eigenvalue weighted by Gasteiger charge is -2.13. The van der Waals surface area contributed by atoms with Crippen molar-refractivity contribution in [3.63, 3.8) is 0 Å². The standard InChI is InChI=1S/C22H13Cl3N4O4/c23-14-6-4-12(21(31)27-18-8-9-33-28-18)10-17(14)26-22(32)13-5-7-19(30)29(11-13)20-15(24)2-1-3-16(20)25/h1-11H,(H,26,32)(H,27,28,31). The van der Waals surface area contributed by atoms with Crippen molar-refractivity contribution in [1.82, 2.24) is 9.72 Å². The molecule has 0 fully saturated rings. The van der Waals surface area contributed by atoms with Gasteiger partial charge in [-0.05, 0) is 36.4 Å². The summed E-state index contributed by atoms with van der Waals surface area (Å²) < 4.78 is 5.86. The van der Waals surface area contributed by atoms with Crippen molar-refractivity contribution in [2.45, 2.75) is 0 Å². The first kappa shape index (κ1) is 22.6. The van der Waals surface area contributed by atoms with Gasteiger partial charge >= 0.3 is 0 Å². The Bertz CT molecular complexity index is 1400. The number of aromatic nitrogens is 2. The van der Waals surface area contributed by atoms with Gasteiger partial charge in [-0.3, -0.25) is 19.0 Å². The van der Waals surface area contributed by atoms with Crippen LogP contribution in [-0.4, -0.2) is 21.5 Å². The molecule has 0 radical (unpaired) electrons. The Hall–Kier alpha value is -3.59. The van der Waals surface area contributed by atoms with E-state index in [2.05, 4.69) is 20.3 Å². The number of nitrogens with one attached hydrogen (secondary N) is 2. The zero-order chi connectivity index (χ0) is 23.5. The predicted molar refractivity (Wildman–Crippen MR) is 126 cm³/mol. The van der Waals surface area contributed by atoms with Crippen LogP contribution in [0.4, 0.5) is 11.5 Å². The number of amides is 2. The van der Waals surface area contributed by atoms with Crippen LogP contribution in [0.25, 0.3) is 5.69 Å². The number of halogens is 3. The maximum Gasteiger partial charge on any atom is 0.257 e. The second-order valence-electron chi connectivity index (χ2n) is 6.68. The average molecular weight is 504 g/mol. The summed E-state index contributed by atoms with van der Waals surface area (Å²) in [7, 11) is 0. The molecule has 0 spiro atoms. The molecule has 2 N–H and O–H groups in total. The molecule has 4 aromatic rings. The lowest BCUT2D eigenvalue weighted by Crippen LogP contribution is -2.21. The summed E-state index contributed by atoms with van der Waals surface area (Å²) in [6, 6.07) is 13.2. The molecule has 0 bridgehead atoms. The Morgan fingerprint density at radius 3 is 2.24 bits per heavy atom. The van der Waals surface area contributed by atoms with Gasteiger partial charge in [0.2, 0.25) is 0 Å². The Morgan fingerprint density at radius 2 is 1.55 bits per heavy atom. The molecule has 166 valence electrons. The number of para-hydroxylation sites is 1. The number of pyridine rings is 1. The zero-order valence-electron chi connectivity index (χ0n) is 16.5. The minimum atomic E-state index is -0.567. The van der Waals surface area contributed by atoms with E-state index in [-0.39, 0.29) is 43.4 Å². The summed E-state index contributed by atoms with van der Waals surface area (Å²) in [5.74, 6) is -0.804. The SMILES string of the molecule is O=C(Nc1ccon1)c1ccc(Cl)c(NC(=O)c2ccc(=O)n(-c3c(Cl)cccc3Cl)c2)c1. The van der Waals surface area contributed by atoms with Gasteiger partial charge in [0.1, 0.15) is 6.26 Å². The monoisotopic (exact) mass is 502 g/mol. The summed E-state index contributed by atoms with van der Waals surface area (Å²) in [4.78, 5) is 37.7. The van der Waals surface area contributed by atoms with Crippen molar-refractivity contribution in [3.8, 4) is 5.69 Å². The van der Waals surface area contributed by atoms with Crippen LogP contribution in [0.2, 0.25) is 15.1 Å². The molecular formula is C22H13Cl3N4O4. The van der Waals surface area contributed by atoms with Gasteiger partial charge in [-0.15, -0.1) is 0 Å². The first-order valence-electron chi connectivity index (χ1n) is 9.33. The largest absolute Gasteiger partial charge is 0.363 e. The summed E-state index contributed by atoms with van der Waals surface area (Å²) in [6.07, 6.45) is 2.64. The maximum absolute atomic E-state index is 12.9. The van der Waals surface area contributed by atoms with Gasteiger partial charge in [0, 0.05) is 23.9 Å². The number of rotatable bonds is 5. The number of anilines is 2. The first-order chi connectivity index (χ1) is 15.8. The topological polar surface area (TPSA) is 106 Å². The van der Waals surface area contributed by atoms with Crippen molar-refractivity contribution in [2.75, 3.05) is 10.6 Å². The lowest BCUT2D eigenvalue weighted by molar-refractivity contribution is 0.101. The molecule has 2 heterocycles. The smallest absolute Gasteiger partial charge is 0.257 e. The third kappa shape index (κ3) is 4.93. The molecule has 0 saturated heterocycles. The highest BCUT2D eigenvalue weighted by Crippen LogP contribution is 2.28. The van der Waals surface area contributed by atoms with Crippen molar-refractivity contribution >= 4 is 58.1 Å². The fraction of sp³-hybridized carbons (Fsp3) is 0. The second-order valence-corrected chi connectivity index (χ2v) is 7.91. The highest BCUT2D eigenvalue weighted by atomic mass is 35.5. The van der Waals surface area contributed by atoms with Gasteiger partial charge in [0.25, 0.3) is 17.4 Å². The van der Waals surface area contributed by atoms with Gasteiger partial charge in [0.05, 0.1) is 32.0 Å². The Balaban J connectivity index is 1.61. The number of hydrogen-bond acceptors (Lipinski definition) is 5. The Morgan fingerprint density at radius 1 is 0.848 bits per heavy atom. The number of nitrogens with zero attached hydrogens (tertiary/aromatic N) is 2. The van der Waals surface area contributed by atoms with E-state index in [0.717, 1.165) is 0 Å². The molecule has 0 saturated carbocycles. The summed E-state index contributed by atoms with van der Waals surface area (Å²) in [5, 5.41) is 9.51. The van der Waals surface area contributed by atoms with Gasteiger partial charge in [-0.2, -0.15) is 0 Å². The molecule has 4 rings (SSSR count). The summed E-state index contributed by atoms with van der Waals surface area (Å²) in [6.45, 7) is 0. The Kier molecular flexibility index (Phi) is 6.50. The molecular weight excluding hydrogens is 491 g/mol. The van der Waals surface area contributed by atoms with Gasteiger partial charge < -0.3 is 15.2 Å². The van der Waals surface area contributed by atoms with Crippen molar-refractivity contribution < 1.29 is 14.1 Å². The van der Waals surface area contributed by atoms with Crippen molar-refractivity contribution in [1.29, 1.82) is 0 Å². The Labute approximate surface area is 201 Å². The first-order valence-corrected chi connectivity index (χ1v) is 10.5. The normalized spacial score (nSPS) is 10.6. The number of benzene rings is 2. The number of carbonyl (C=O) groups is 2. The quantitative estimate of drug-likeness (QED) is 0.385. The van der Waals surface area contributed by atoms with Crippen LogP contribution >= 0.6 is 34.8 Å². The van der Waals surface area contributed by atoms with Crippen LogP contribution in [0.5, 0.6) is 0 Å². The number of hydrogen-bond donors (Lipinski definition) is 2. The molecule has 0 aliphatic rings. The van der Waals surface area contributed by atoms with E-state index < -0.39 is 17.4 Å². The van der Waals surface area contributed by atoms with Crippen molar-refractivity contribution in [2.24, 2.45) is 0 Å². The van der Waals surface area contributed by atoms with E-state index in [1.807, 2.05) is 0 Å². The maximum atomic E-state index is 12.9. The molecule has 0 aliphatic heterocycles. The summed E-state index contributed by atoms with van der Waals surface area (Å²) >= 11 is 18.6. The van der Waals surface area contributed by atoms with E-state index in [1.54, 1.807) is 18.2 Å². The molecule has 11 heteroatoms. The van der Waals surface area contributed by atoms with E-state index >= 15 is 0 Å². The van der Waals surface area contributed by atoms with Crippen LogP contribution in [0.15, 0.2) is 76.4 Å². The third-order valence-electron chi connectivity index (χ3n) is 4.51. The highest BCUT2D eigenvalue weighted by Gasteiger charge is 2.16. The third-order valence-corrected chi connectivity index (χ3v) is 5.45. The molecule has 0 unspecified atom stereocenters. The van der Waals surface area contributed by atoms with Gasteiger partial charge in [0.15, 0.2) is 5.82 Å². The van der Waals surface area contributed by atoms with Crippen LogP contribution in [0, 0.1) is 0 Å². The molecule has 0 aliphatic carbocycles. The average Bonchev–Trinajstić information content (AvgIpc) is 3.29. The molecule has 0 atom stereocenters.